The van der Waals surface area contributed by atoms with Crippen molar-refractivity contribution in [3.63, 3.8) is 0 Å². The van der Waals surface area contributed by atoms with E-state index in [1.165, 1.54) is 11.3 Å². The zero-order valence-electron chi connectivity index (χ0n) is 11.6. The predicted octanol–water partition coefficient (Wildman–Crippen LogP) is 0.930. The highest BCUT2D eigenvalue weighted by molar-refractivity contribution is 7.18. The minimum Gasteiger partial charge on any atom is -0.394 e. The fourth-order valence-corrected chi connectivity index (χ4v) is 3.17. The number of thiophene rings is 1. The van der Waals surface area contributed by atoms with Gasteiger partial charge in [0.1, 0.15) is 0 Å². The summed E-state index contributed by atoms with van der Waals surface area (Å²) in [7, 11) is 0. The van der Waals surface area contributed by atoms with Crippen LogP contribution in [0.25, 0.3) is 0 Å². The molecule has 0 aromatic carbocycles. The maximum Gasteiger partial charge on any atom is 0.264 e. The van der Waals surface area contributed by atoms with Crippen LogP contribution in [0.1, 0.15) is 22.5 Å². The predicted molar refractivity (Wildman–Crippen MR) is 78.4 cm³/mol. The first kappa shape index (κ1) is 14.5. The van der Waals surface area contributed by atoms with Crippen LogP contribution in [0, 0.1) is 5.92 Å². The lowest BCUT2D eigenvalue weighted by Crippen LogP contribution is -2.50. The molecule has 0 bridgehead atoms. The third-order valence-electron chi connectivity index (χ3n) is 3.71. The third-order valence-corrected chi connectivity index (χ3v) is 4.70. The van der Waals surface area contributed by atoms with Gasteiger partial charge < -0.3 is 20.1 Å². The molecule has 3 rings (SSSR count). The van der Waals surface area contributed by atoms with Crippen molar-refractivity contribution < 1.29 is 19.4 Å². The highest BCUT2D eigenvalue weighted by atomic mass is 32.1. The molecule has 1 unspecified atom stereocenters. The van der Waals surface area contributed by atoms with Crippen LogP contribution in [0.3, 0.4) is 0 Å². The molecule has 2 amide bonds. The van der Waals surface area contributed by atoms with E-state index in [2.05, 4.69) is 5.32 Å². The van der Waals surface area contributed by atoms with E-state index >= 15 is 0 Å². The molecule has 21 heavy (non-hydrogen) atoms. The molecule has 1 saturated heterocycles. The highest BCUT2D eigenvalue weighted by Crippen LogP contribution is 2.32. The number of carbonyl (C=O) groups excluding carboxylic acids is 2. The lowest BCUT2D eigenvalue weighted by atomic mass is 10.2. The maximum atomic E-state index is 12.5. The molecule has 1 aromatic heterocycles. The zero-order chi connectivity index (χ0) is 14.8. The quantitative estimate of drug-likeness (QED) is 0.867. The number of hydrogen-bond acceptors (Lipinski definition) is 5. The van der Waals surface area contributed by atoms with Crippen LogP contribution >= 0.6 is 11.3 Å². The van der Waals surface area contributed by atoms with Gasteiger partial charge in [-0.25, -0.2) is 0 Å². The van der Waals surface area contributed by atoms with Crippen molar-refractivity contribution in [2.24, 2.45) is 5.92 Å². The van der Waals surface area contributed by atoms with Crippen LogP contribution in [0.15, 0.2) is 12.1 Å². The molecule has 114 valence electrons. The molecule has 1 atom stereocenters. The molecule has 2 heterocycles. The van der Waals surface area contributed by atoms with Crippen LogP contribution < -0.4 is 5.32 Å². The van der Waals surface area contributed by atoms with E-state index in [-0.39, 0.29) is 30.4 Å². The summed E-state index contributed by atoms with van der Waals surface area (Å²) in [5.74, 6) is 0.0639. The molecule has 2 fully saturated rings. The topological polar surface area (TPSA) is 78.9 Å². The van der Waals surface area contributed by atoms with Gasteiger partial charge in [0.2, 0.25) is 5.91 Å². The summed E-state index contributed by atoms with van der Waals surface area (Å²) >= 11 is 1.28. The van der Waals surface area contributed by atoms with E-state index in [0.29, 0.717) is 29.6 Å². The molecular formula is C14H18N2O4S. The van der Waals surface area contributed by atoms with Crippen molar-refractivity contribution in [1.29, 1.82) is 0 Å². The van der Waals surface area contributed by atoms with E-state index in [1.807, 2.05) is 0 Å². The van der Waals surface area contributed by atoms with Crippen molar-refractivity contribution in [1.82, 2.24) is 4.90 Å². The van der Waals surface area contributed by atoms with Gasteiger partial charge in [-0.3, -0.25) is 9.59 Å². The fourth-order valence-electron chi connectivity index (χ4n) is 2.30. The molecule has 7 heteroatoms. The normalized spacial score (nSPS) is 22.1. The summed E-state index contributed by atoms with van der Waals surface area (Å²) in [5.41, 5.74) is 0. The number of nitrogens with one attached hydrogen (secondary N) is 1. The number of anilines is 1. The first-order valence-electron chi connectivity index (χ1n) is 7.09. The molecule has 1 saturated carbocycles. The lowest BCUT2D eigenvalue weighted by Gasteiger charge is -2.34. The monoisotopic (exact) mass is 310 g/mol. The third kappa shape index (κ3) is 3.25. The van der Waals surface area contributed by atoms with Gasteiger partial charge >= 0.3 is 0 Å². The Kier molecular flexibility index (Phi) is 4.23. The average molecular weight is 310 g/mol. The second-order valence-electron chi connectivity index (χ2n) is 5.34. The minimum absolute atomic E-state index is 0.0375. The highest BCUT2D eigenvalue weighted by Gasteiger charge is 2.31. The Morgan fingerprint density at radius 2 is 2.24 bits per heavy atom. The van der Waals surface area contributed by atoms with Gasteiger partial charge in [-0.15, -0.1) is 11.3 Å². The van der Waals surface area contributed by atoms with Gasteiger partial charge in [0.15, 0.2) is 0 Å². The van der Waals surface area contributed by atoms with Crippen LogP contribution in [0.4, 0.5) is 5.00 Å². The zero-order valence-corrected chi connectivity index (χ0v) is 12.4. The van der Waals surface area contributed by atoms with E-state index in [1.54, 1.807) is 17.0 Å². The van der Waals surface area contributed by atoms with Crippen molar-refractivity contribution in [3.8, 4) is 0 Å². The number of aliphatic hydroxyl groups is 1. The van der Waals surface area contributed by atoms with Crippen LogP contribution in [-0.4, -0.2) is 54.2 Å². The molecular weight excluding hydrogens is 292 g/mol. The van der Waals surface area contributed by atoms with Crippen molar-refractivity contribution >= 4 is 28.2 Å². The van der Waals surface area contributed by atoms with E-state index in [0.717, 1.165) is 12.8 Å². The smallest absolute Gasteiger partial charge is 0.264 e. The van der Waals surface area contributed by atoms with Gasteiger partial charge in [0, 0.05) is 12.5 Å². The Hall–Kier alpha value is -1.44. The Balaban J connectivity index is 1.66. The molecule has 2 N–H and O–H groups in total. The summed E-state index contributed by atoms with van der Waals surface area (Å²) in [6, 6.07) is 3.18. The van der Waals surface area contributed by atoms with E-state index < -0.39 is 0 Å². The summed E-state index contributed by atoms with van der Waals surface area (Å²) < 4.78 is 5.27. The Labute approximate surface area is 126 Å². The number of carbonyl (C=O) groups is 2. The first-order chi connectivity index (χ1) is 10.2. The Morgan fingerprint density at radius 1 is 1.43 bits per heavy atom. The Morgan fingerprint density at radius 3 is 2.95 bits per heavy atom. The number of amides is 2. The van der Waals surface area contributed by atoms with E-state index in [4.69, 9.17) is 4.74 Å². The summed E-state index contributed by atoms with van der Waals surface area (Å²) in [4.78, 5) is 26.4. The summed E-state index contributed by atoms with van der Waals surface area (Å²) in [6.45, 7) is 1.21. The van der Waals surface area contributed by atoms with Gasteiger partial charge in [-0.1, -0.05) is 0 Å². The maximum absolute atomic E-state index is 12.5. The van der Waals surface area contributed by atoms with Crippen molar-refractivity contribution in [3.05, 3.63) is 17.0 Å². The molecule has 1 aliphatic carbocycles. The average Bonchev–Trinajstić information content (AvgIpc) is 3.27. The summed E-state index contributed by atoms with van der Waals surface area (Å²) in [5, 5.41) is 12.9. The summed E-state index contributed by atoms with van der Waals surface area (Å²) in [6.07, 6.45) is 1.91. The van der Waals surface area contributed by atoms with Crippen LogP contribution in [0.2, 0.25) is 0 Å². The van der Waals surface area contributed by atoms with Crippen molar-refractivity contribution in [2.75, 3.05) is 31.7 Å². The molecule has 0 spiro atoms. The number of ether oxygens (including phenoxy) is 1. The second kappa shape index (κ2) is 6.13. The van der Waals surface area contributed by atoms with Crippen LogP contribution in [-0.2, 0) is 9.53 Å². The lowest BCUT2D eigenvalue weighted by molar-refractivity contribution is -0.117. The number of aliphatic hydroxyl groups excluding tert-OH is 1. The molecule has 1 aromatic rings. The van der Waals surface area contributed by atoms with Crippen molar-refractivity contribution in [2.45, 2.75) is 18.9 Å². The van der Waals surface area contributed by atoms with Gasteiger partial charge in [-0.2, -0.15) is 0 Å². The number of morpholine rings is 1. The van der Waals surface area contributed by atoms with Gasteiger partial charge in [0.05, 0.1) is 35.7 Å². The number of nitrogens with zero attached hydrogens (tertiary/aromatic N) is 1. The number of hydrogen-bond donors (Lipinski definition) is 2. The number of rotatable bonds is 4. The van der Waals surface area contributed by atoms with Crippen LogP contribution in [0.5, 0.6) is 0 Å². The fraction of sp³-hybridized carbons (Fsp3) is 0.571. The SMILES string of the molecule is O=C(Nc1ccc(C(=O)N2CCOCC2CO)s1)C1CC1. The van der Waals surface area contributed by atoms with Gasteiger partial charge in [0.25, 0.3) is 5.91 Å². The first-order valence-corrected chi connectivity index (χ1v) is 7.91. The molecule has 0 radical (unpaired) electrons. The largest absolute Gasteiger partial charge is 0.394 e. The Bertz CT molecular complexity index is 541. The minimum atomic E-state index is -0.294. The van der Waals surface area contributed by atoms with E-state index in [9.17, 15) is 14.7 Å². The molecule has 2 aliphatic rings. The molecule has 6 nitrogen and oxygen atoms in total. The standard InChI is InChI=1S/C14H18N2O4S/c17-7-10-8-20-6-5-16(10)14(19)11-3-4-12(21-11)15-13(18)9-1-2-9/h3-4,9-10,17H,1-2,5-8H2,(H,15,18). The molecule has 1 aliphatic heterocycles. The second-order valence-corrected chi connectivity index (χ2v) is 6.42. The van der Waals surface area contributed by atoms with Gasteiger partial charge in [-0.05, 0) is 25.0 Å².